The molecule has 0 bridgehead atoms. The van der Waals surface area contributed by atoms with Gasteiger partial charge in [0, 0.05) is 6.07 Å². The molecular weight excluding hydrogens is 396 g/mol. The van der Waals surface area contributed by atoms with Crippen molar-refractivity contribution >= 4 is 17.8 Å². The van der Waals surface area contributed by atoms with Crippen LogP contribution in [0.15, 0.2) is 66.4 Å². The zero-order valence-corrected chi connectivity index (χ0v) is 17.3. The van der Waals surface area contributed by atoms with Gasteiger partial charge in [0.05, 0.1) is 25.3 Å². The number of benzene rings is 3. The highest BCUT2D eigenvalue weighted by molar-refractivity contribution is 6.14. The maximum absolute atomic E-state index is 12.7. The summed E-state index contributed by atoms with van der Waals surface area (Å²) in [7, 11) is 3.10. The molecule has 1 aliphatic rings. The average Bonchev–Trinajstić information content (AvgIpc) is 3.08. The number of Topliss-reactive ketones (excluding diaryl/α,β-unsaturated/α-hetero) is 1. The van der Waals surface area contributed by atoms with Crippen molar-refractivity contribution in [3.8, 4) is 23.0 Å². The number of carbonyl (C=O) groups excluding carboxylic acids is 2. The van der Waals surface area contributed by atoms with Crippen molar-refractivity contribution in [1.29, 1.82) is 0 Å². The topological polar surface area (TPSA) is 71.1 Å². The van der Waals surface area contributed by atoms with E-state index in [1.54, 1.807) is 68.8 Å². The van der Waals surface area contributed by atoms with E-state index in [9.17, 15) is 9.59 Å². The molecule has 4 rings (SSSR count). The van der Waals surface area contributed by atoms with Crippen LogP contribution in [0.2, 0.25) is 0 Å². The van der Waals surface area contributed by atoms with Crippen LogP contribution in [-0.4, -0.2) is 26.0 Å². The molecule has 0 saturated carbocycles. The van der Waals surface area contributed by atoms with E-state index < -0.39 is 5.97 Å². The van der Waals surface area contributed by atoms with Crippen molar-refractivity contribution in [2.24, 2.45) is 0 Å². The molecule has 0 amide bonds. The molecular formula is C25H20O6. The standard InChI is InChI=1S/C25H20O6/c1-15-6-4-5-7-18(15)25(27)30-17-9-10-19-21(14-17)31-23(24(19)26)13-16-8-11-20(28-2)22(12-16)29-3/h4-14H,1-3H3/b23-13-. The molecule has 0 unspecified atom stereocenters. The molecule has 3 aromatic carbocycles. The van der Waals surface area contributed by atoms with Gasteiger partial charge in [0.15, 0.2) is 17.3 Å². The van der Waals surface area contributed by atoms with Crippen LogP contribution >= 0.6 is 0 Å². The number of hydrogen-bond donors (Lipinski definition) is 0. The lowest BCUT2D eigenvalue weighted by Gasteiger charge is -2.08. The van der Waals surface area contributed by atoms with E-state index in [4.69, 9.17) is 18.9 Å². The van der Waals surface area contributed by atoms with Crippen molar-refractivity contribution in [1.82, 2.24) is 0 Å². The van der Waals surface area contributed by atoms with Crippen LogP contribution < -0.4 is 18.9 Å². The molecule has 156 valence electrons. The number of ether oxygens (including phenoxy) is 4. The van der Waals surface area contributed by atoms with Gasteiger partial charge in [0.25, 0.3) is 0 Å². The van der Waals surface area contributed by atoms with Gasteiger partial charge in [-0.15, -0.1) is 0 Å². The Balaban J connectivity index is 1.56. The minimum atomic E-state index is -0.469. The summed E-state index contributed by atoms with van der Waals surface area (Å²) < 4.78 is 21.8. The van der Waals surface area contributed by atoms with Crippen LogP contribution in [0.4, 0.5) is 0 Å². The highest BCUT2D eigenvalue weighted by atomic mass is 16.5. The Hall–Kier alpha value is -4.06. The van der Waals surface area contributed by atoms with Crippen LogP contribution in [0.1, 0.15) is 31.8 Å². The normalized spacial score (nSPS) is 13.5. The summed E-state index contributed by atoms with van der Waals surface area (Å²) >= 11 is 0. The predicted molar refractivity (Wildman–Crippen MR) is 115 cm³/mol. The van der Waals surface area contributed by atoms with E-state index in [0.717, 1.165) is 11.1 Å². The lowest BCUT2D eigenvalue weighted by Crippen LogP contribution is -2.10. The van der Waals surface area contributed by atoms with Crippen LogP contribution in [0.25, 0.3) is 6.08 Å². The highest BCUT2D eigenvalue weighted by Crippen LogP contribution is 2.36. The zero-order valence-electron chi connectivity index (χ0n) is 17.3. The Morgan fingerprint density at radius 3 is 2.45 bits per heavy atom. The van der Waals surface area contributed by atoms with Crippen LogP contribution in [-0.2, 0) is 0 Å². The molecule has 0 aliphatic carbocycles. The Bertz CT molecular complexity index is 1210. The summed E-state index contributed by atoms with van der Waals surface area (Å²) in [6.45, 7) is 1.84. The number of fused-ring (bicyclic) bond motifs is 1. The minimum absolute atomic E-state index is 0.171. The summed E-state index contributed by atoms with van der Waals surface area (Å²) in [6.07, 6.45) is 1.63. The largest absolute Gasteiger partial charge is 0.493 e. The first-order valence-electron chi connectivity index (χ1n) is 9.58. The van der Waals surface area contributed by atoms with E-state index in [1.807, 2.05) is 19.1 Å². The highest BCUT2D eigenvalue weighted by Gasteiger charge is 2.28. The minimum Gasteiger partial charge on any atom is -0.493 e. The fourth-order valence-electron chi connectivity index (χ4n) is 3.29. The number of hydrogen-bond acceptors (Lipinski definition) is 6. The molecule has 6 heteroatoms. The second-order valence-electron chi connectivity index (χ2n) is 6.92. The number of allylic oxidation sites excluding steroid dienone is 1. The van der Waals surface area contributed by atoms with Crippen molar-refractivity contribution < 1.29 is 28.5 Å². The fourth-order valence-corrected chi connectivity index (χ4v) is 3.29. The van der Waals surface area contributed by atoms with Gasteiger partial charge in [-0.3, -0.25) is 4.79 Å². The van der Waals surface area contributed by atoms with Gasteiger partial charge in [0.1, 0.15) is 11.5 Å². The molecule has 1 heterocycles. The molecule has 0 radical (unpaired) electrons. The van der Waals surface area contributed by atoms with Crippen molar-refractivity contribution in [2.45, 2.75) is 6.92 Å². The monoisotopic (exact) mass is 416 g/mol. The van der Waals surface area contributed by atoms with Gasteiger partial charge in [-0.2, -0.15) is 0 Å². The third-order valence-corrected chi connectivity index (χ3v) is 4.92. The molecule has 31 heavy (non-hydrogen) atoms. The third kappa shape index (κ3) is 4.00. The zero-order chi connectivity index (χ0) is 22.0. The molecule has 0 N–H and O–H groups in total. The third-order valence-electron chi connectivity index (χ3n) is 4.92. The maximum Gasteiger partial charge on any atom is 0.343 e. The number of aryl methyl sites for hydroxylation is 1. The first-order chi connectivity index (χ1) is 15.0. The Morgan fingerprint density at radius 2 is 1.71 bits per heavy atom. The SMILES string of the molecule is COc1ccc(/C=C2\Oc3cc(OC(=O)c4ccccc4C)ccc3C2=O)cc1OC. The number of rotatable bonds is 5. The first-order valence-corrected chi connectivity index (χ1v) is 9.58. The van der Waals surface area contributed by atoms with Crippen LogP contribution in [0.3, 0.4) is 0 Å². The second-order valence-corrected chi connectivity index (χ2v) is 6.92. The van der Waals surface area contributed by atoms with Gasteiger partial charge in [0.2, 0.25) is 5.78 Å². The van der Waals surface area contributed by atoms with Crippen LogP contribution in [0.5, 0.6) is 23.0 Å². The smallest absolute Gasteiger partial charge is 0.343 e. The molecule has 1 aliphatic heterocycles. The number of ketones is 1. The van der Waals surface area contributed by atoms with E-state index in [-0.39, 0.29) is 11.5 Å². The van der Waals surface area contributed by atoms with Gasteiger partial charge >= 0.3 is 5.97 Å². The van der Waals surface area contributed by atoms with Gasteiger partial charge < -0.3 is 18.9 Å². The fraction of sp³-hybridized carbons (Fsp3) is 0.120. The van der Waals surface area contributed by atoms with E-state index in [2.05, 4.69) is 0 Å². The van der Waals surface area contributed by atoms with Gasteiger partial charge in [-0.05, 0) is 54.5 Å². The van der Waals surface area contributed by atoms with E-state index in [0.29, 0.717) is 34.1 Å². The summed E-state index contributed by atoms with van der Waals surface area (Å²) in [6, 6.07) is 17.2. The molecule has 0 atom stereocenters. The predicted octanol–water partition coefficient (Wildman–Crippen LogP) is 4.85. The lowest BCUT2D eigenvalue weighted by atomic mass is 10.1. The summed E-state index contributed by atoms with van der Waals surface area (Å²) in [4.78, 5) is 25.2. The Labute approximate surface area is 179 Å². The van der Waals surface area contributed by atoms with Crippen molar-refractivity contribution in [2.75, 3.05) is 14.2 Å². The lowest BCUT2D eigenvalue weighted by molar-refractivity contribution is 0.0733. The first kappa shape index (κ1) is 20.2. The Morgan fingerprint density at radius 1 is 0.935 bits per heavy atom. The molecule has 0 aromatic heterocycles. The number of methoxy groups -OCH3 is 2. The van der Waals surface area contributed by atoms with Gasteiger partial charge in [-0.25, -0.2) is 4.79 Å². The second kappa shape index (κ2) is 8.36. The molecule has 6 nitrogen and oxygen atoms in total. The average molecular weight is 416 g/mol. The summed E-state index contributed by atoms with van der Waals surface area (Å²) in [5.74, 6) is 1.23. The van der Waals surface area contributed by atoms with Gasteiger partial charge in [-0.1, -0.05) is 24.3 Å². The summed E-state index contributed by atoms with van der Waals surface area (Å²) in [5, 5.41) is 0. The summed E-state index contributed by atoms with van der Waals surface area (Å²) in [5.41, 5.74) is 2.43. The van der Waals surface area contributed by atoms with Crippen molar-refractivity contribution in [3.63, 3.8) is 0 Å². The van der Waals surface area contributed by atoms with E-state index in [1.165, 1.54) is 0 Å². The number of carbonyl (C=O) groups is 2. The quantitative estimate of drug-likeness (QED) is 0.336. The molecule has 0 fully saturated rings. The molecule has 0 saturated heterocycles. The molecule has 3 aromatic rings. The van der Waals surface area contributed by atoms with Crippen molar-refractivity contribution in [3.05, 3.63) is 88.7 Å². The maximum atomic E-state index is 12.7. The Kier molecular flexibility index (Phi) is 5.45. The van der Waals surface area contributed by atoms with E-state index >= 15 is 0 Å². The molecule has 0 spiro atoms. The number of esters is 1. The van der Waals surface area contributed by atoms with Crippen LogP contribution in [0, 0.1) is 6.92 Å².